The number of fused-ring (bicyclic) bond motifs is 1. The Kier molecular flexibility index (Phi) is 4.89. The maximum absolute atomic E-state index is 13.5. The van der Waals surface area contributed by atoms with Gasteiger partial charge in [0.1, 0.15) is 12.0 Å². The van der Waals surface area contributed by atoms with Crippen LogP contribution in [0.5, 0.6) is 0 Å². The van der Waals surface area contributed by atoms with E-state index in [4.69, 9.17) is 0 Å². The molecule has 2 saturated heterocycles. The van der Waals surface area contributed by atoms with Gasteiger partial charge in [-0.2, -0.15) is 0 Å². The van der Waals surface area contributed by atoms with Gasteiger partial charge >= 0.3 is 0 Å². The highest BCUT2D eigenvalue weighted by Gasteiger charge is 2.23. The number of nitrogens with one attached hydrogen (secondary N) is 1. The van der Waals surface area contributed by atoms with E-state index in [1.807, 2.05) is 33.8 Å². The van der Waals surface area contributed by atoms with Gasteiger partial charge in [0.05, 0.1) is 18.4 Å². The number of rotatable bonds is 4. The van der Waals surface area contributed by atoms with E-state index < -0.39 is 6.17 Å². The molecule has 0 radical (unpaired) electrons. The molecule has 0 spiro atoms. The molecule has 0 bridgehead atoms. The molecule has 2 aromatic heterocycles. The fraction of sp³-hybridized carbons (Fsp3) is 0.364. The highest BCUT2D eigenvalue weighted by atomic mass is 19.1. The van der Waals surface area contributed by atoms with Crippen molar-refractivity contribution < 1.29 is 4.39 Å². The average molecular weight is 392 g/mol. The molecular formula is C22H25FN6. The Morgan fingerprint density at radius 2 is 1.79 bits per heavy atom. The van der Waals surface area contributed by atoms with Crippen LogP contribution in [-0.2, 0) is 0 Å². The topological polar surface area (TPSA) is 48.7 Å². The Morgan fingerprint density at radius 3 is 2.55 bits per heavy atom. The predicted molar refractivity (Wildman–Crippen MR) is 115 cm³/mol. The molecule has 6 nitrogen and oxygen atoms in total. The van der Waals surface area contributed by atoms with E-state index in [1.54, 1.807) is 0 Å². The van der Waals surface area contributed by atoms with Crippen LogP contribution in [0.2, 0.25) is 0 Å². The van der Waals surface area contributed by atoms with Crippen LogP contribution in [-0.4, -0.2) is 60.0 Å². The molecule has 3 aromatic rings. The van der Waals surface area contributed by atoms with Gasteiger partial charge in [-0.1, -0.05) is 18.2 Å². The third-order valence-corrected chi connectivity index (χ3v) is 5.65. The number of halogens is 1. The molecule has 1 aromatic carbocycles. The molecule has 150 valence electrons. The third-order valence-electron chi connectivity index (χ3n) is 5.65. The maximum atomic E-state index is 13.5. The summed E-state index contributed by atoms with van der Waals surface area (Å²) in [6.07, 6.45) is 5.73. The van der Waals surface area contributed by atoms with Gasteiger partial charge < -0.3 is 15.1 Å². The second kappa shape index (κ2) is 7.83. The number of piperazine rings is 1. The summed E-state index contributed by atoms with van der Waals surface area (Å²) in [6, 6.07) is 12.5. The third kappa shape index (κ3) is 3.82. The first-order chi connectivity index (χ1) is 14.3. The molecule has 1 N–H and O–H groups in total. The standard InChI is InChI=1S/C22H25FN6/c23-18-9-12-28(16-18)22-8-7-21-25-15-20(29(21)26-22)6-3-17-1-4-19(5-2-17)27-13-10-24-11-14-27/h1-8,15,18,24H,9-14,16H2/b6-3-. The van der Waals surface area contributed by atoms with E-state index in [9.17, 15) is 4.39 Å². The zero-order valence-electron chi connectivity index (χ0n) is 16.3. The summed E-state index contributed by atoms with van der Waals surface area (Å²) in [5, 5.41) is 8.07. The molecule has 29 heavy (non-hydrogen) atoms. The van der Waals surface area contributed by atoms with E-state index >= 15 is 0 Å². The van der Waals surface area contributed by atoms with Gasteiger partial charge in [0, 0.05) is 38.4 Å². The molecule has 0 amide bonds. The van der Waals surface area contributed by atoms with Gasteiger partial charge in [0.15, 0.2) is 5.65 Å². The summed E-state index contributed by atoms with van der Waals surface area (Å²) < 4.78 is 15.4. The molecule has 2 fully saturated rings. The summed E-state index contributed by atoms with van der Waals surface area (Å²) in [5.74, 6) is 0.797. The zero-order valence-corrected chi connectivity index (χ0v) is 16.3. The monoisotopic (exact) mass is 392 g/mol. The first kappa shape index (κ1) is 18.1. The molecule has 2 aliphatic rings. The van der Waals surface area contributed by atoms with Crippen LogP contribution >= 0.6 is 0 Å². The van der Waals surface area contributed by atoms with Crippen molar-refractivity contribution >= 4 is 29.3 Å². The van der Waals surface area contributed by atoms with Crippen LogP contribution in [0.4, 0.5) is 15.9 Å². The fourth-order valence-corrected chi connectivity index (χ4v) is 3.99. The zero-order chi connectivity index (χ0) is 19.6. The number of nitrogens with zero attached hydrogens (tertiary/aromatic N) is 5. The Hall–Kier alpha value is -2.93. The van der Waals surface area contributed by atoms with Crippen LogP contribution in [0, 0.1) is 0 Å². The lowest BCUT2D eigenvalue weighted by Crippen LogP contribution is -2.43. The van der Waals surface area contributed by atoms with Crippen LogP contribution in [0.1, 0.15) is 17.7 Å². The first-order valence-electron chi connectivity index (χ1n) is 10.2. The summed E-state index contributed by atoms with van der Waals surface area (Å²) in [6.45, 7) is 5.29. The van der Waals surface area contributed by atoms with Crippen molar-refractivity contribution in [2.24, 2.45) is 0 Å². The van der Waals surface area contributed by atoms with Crippen LogP contribution in [0.15, 0.2) is 42.6 Å². The smallest absolute Gasteiger partial charge is 0.154 e. The summed E-state index contributed by atoms with van der Waals surface area (Å²) in [4.78, 5) is 8.83. The van der Waals surface area contributed by atoms with Gasteiger partial charge in [-0.05, 0) is 42.3 Å². The van der Waals surface area contributed by atoms with Crippen molar-refractivity contribution in [2.75, 3.05) is 49.1 Å². The SMILES string of the molecule is FC1CCN(c2ccc3ncc(/C=C\c4ccc(N5CCNCC5)cc4)n3n2)C1. The number of anilines is 2. The Balaban J connectivity index is 1.34. The van der Waals surface area contributed by atoms with Crippen molar-refractivity contribution in [1.82, 2.24) is 19.9 Å². The van der Waals surface area contributed by atoms with E-state index in [2.05, 4.69) is 50.6 Å². The molecule has 0 aliphatic carbocycles. The minimum absolute atomic E-state index is 0.414. The fourth-order valence-electron chi connectivity index (χ4n) is 3.99. The van der Waals surface area contributed by atoms with Gasteiger partial charge in [-0.25, -0.2) is 13.9 Å². The highest BCUT2D eigenvalue weighted by molar-refractivity contribution is 5.70. The number of imidazole rings is 1. The lowest BCUT2D eigenvalue weighted by atomic mass is 10.1. The maximum Gasteiger partial charge on any atom is 0.154 e. The molecule has 5 rings (SSSR count). The number of aromatic nitrogens is 3. The van der Waals surface area contributed by atoms with Crippen molar-refractivity contribution in [2.45, 2.75) is 12.6 Å². The highest BCUT2D eigenvalue weighted by Crippen LogP contribution is 2.21. The van der Waals surface area contributed by atoms with E-state index in [0.717, 1.165) is 48.9 Å². The van der Waals surface area contributed by atoms with Gasteiger partial charge in [-0.15, -0.1) is 5.10 Å². The minimum Gasteiger partial charge on any atom is -0.369 e. The second-order valence-electron chi connectivity index (χ2n) is 7.64. The number of benzene rings is 1. The van der Waals surface area contributed by atoms with E-state index in [0.29, 0.717) is 19.5 Å². The molecule has 2 aliphatic heterocycles. The summed E-state index contributed by atoms with van der Waals surface area (Å²) in [5.41, 5.74) is 4.10. The van der Waals surface area contributed by atoms with Crippen molar-refractivity contribution in [3.8, 4) is 0 Å². The van der Waals surface area contributed by atoms with Gasteiger partial charge in [0.25, 0.3) is 0 Å². The number of hydrogen-bond donors (Lipinski definition) is 1. The normalized spacial score (nSPS) is 20.2. The van der Waals surface area contributed by atoms with E-state index in [-0.39, 0.29) is 0 Å². The average Bonchev–Trinajstić information content (AvgIpc) is 3.39. The van der Waals surface area contributed by atoms with Crippen LogP contribution < -0.4 is 15.1 Å². The molecule has 4 heterocycles. The summed E-state index contributed by atoms with van der Waals surface area (Å²) in [7, 11) is 0. The van der Waals surface area contributed by atoms with Crippen molar-refractivity contribution in [1.29, 1.82) is 0 Å². The van der Waals surface area contributed by atoms with E-state index in [1.165, 1.54) is 5.69 Å². The lowest BCUT2D eigenvalue weighted by Gasteiger charge is -2.29. The second-order valence-corrected chi connectivity index (χ2v) is 7.64. The Bertz CT molecular complexity index is 1010. The first-order valence-corrected chi connectivity index (χ1v) is 10.2. The summed E-state index contributed by atoms with van der Waals surface area (Å²) >= 11 is 0. The molecular weight excluding hydrogens is 367 g/mol. The van der Waals surface area contributed by atoms with Crippen molar-refractivity contribution in [3.05, 3.63) is 53.9 Å². The Labute approximate surface area is 169 Å². The van der Waals surface area contributed by atoms with Crippen LogP contribution in [0.3, 0.4) is 0 Å². The predicted octanol–water partition coefficient (Wildman–Crippen LogP) is 2.86. The number of hydrogen-bond acceptors (Lipinski definition) is 5. The molecule has 7 heteroatoms. The molecule has 1 atom stereocenters. The molecule has 1 unspecified atom stereocenters. The Morgan fingerprint density at radius 1 is 0.966 bits per heavy atom. The molecule has 0 saturated carbocycles. The van der Waals surface area contributed by atoms with Crippen LogP contribution in [0.25, 0.3) is 17.8 Å². The largest absolute Gasteiger partial charge is 0.369 e. The lowest BCUT2D eigenvalue weighted by molar-refractivity contribution is 0.364. The quantitative estimate of drug-likeness (QED) is 0.740. The number of alkyl halides is 1. The van der Waals surface area contributed by atoms with Gasteiger partial charge in [-0.3, -0.25) is 0 Å². The van der Waals surface area contributed by atoms with Gasteiger partial charge in [0.2, 0.25) is 0 Å². The van der Waals surface area contributed by atoms with Crippen molar-refractivity contribution in [3.63, 3.8) is 0 Å². The minimum atomic E-state index is -0.765.